The summed E-state index contributed by atoms with van der Waals surface area (Å²) in [6.07, 6.45) is 0. The van der Waals surface area contributed by atoms with Crippen LogP contribution in [0.5, 0.6) is 0 Å². The number of halogens is 1. The van der Waals surface area contributed by atoms with Crippen LogP contribution in [0, 0.1) is 0 Å². The van der Waals surface area contributed by atoms with Gasteiger partial charge < -0.3 is 4.90 Å². The third kappa shape index (κ3) is 3.97. The molecule has 118 valence electrons. The van der Waals surface area contributed by atoms with E-state index in [4.69, 9.17) is 4.99 Å². The van der Waals surface area contributed by atoms with Crippen molar-refractivity contribution in [2.24, 2.45) is 4.99 Å². The van der Waals surface area contributed by atoms with E-state index in [0.717, 1.165) is 13.1 Å². The molecule has 20 heavy (non-hydrogen) atoms. The van der Waals surface area contributed by atoms with Crippen LogP contribution in [0.1, 0.15) is 27.7 Å². The van der Waals surface area contributed by atoms with Crippen molar-refractivity contribution in [2.45, 2.75) is 51.3 Å². The zero-order valence-corrected chi connectivity index (χ0v) is 15.7. The summed E-state index contributed by atoms with van der Waals surface area (Å²) in [7, 11) is 7.86. The Morgan fingerprint density at radius 2 is 1.75 bits per heavy atom. The van der Waals surface area contributed by atoms with Gasteiger partial charge in [0.05, 0.1) is 0 Å². The van der Waals surface area contributed by atoms with Gasteiger partial charge in [0.25, 0.3) is 0 Å². The molecular weight excluding hydrogens is 312 g/mol. The second kappa shape index (κ2) is 7.58. The molecule has 4 nitrogen and oxygen atoms in total. The Hall–Kier alpha value is 0.380. The molecule has 2 heterocycles. The van der Waals surface area contributed by atoms with Gasteiger partial charge in [0.2, 0.25) is 0 Å². The summed E-state index contributed by atoms with van der Waals surface area (Å²) < 4.78 is 0. The normalized spacial score (nSPS) is 31.7. The van der Waals surface area contributed by atoms with E-state index in [9.17, 15) is 0 Å². The average Bonchev–Trinajstić information content (AvgIpc) is 2.77. The highest BCUT2D eigenvalue weighted by Gasteiger charge is 2.35. The zero-order chi connectivity index (χ0) is 14.2. The van der Waals surface area contributed by atoms with E-state index in [1.54, 1.807) is 0 Å². The SMILES string of the molecule is CC(C)N1CC(C)N(C2=NC(N(C)C)SS2)C(C)C1.Cl. The molecule has 0 aromatic rings. The molecule has 2 rings (SSSR count). The van der Waals surface area contributed by atoms with Crippen LogP contribution >= 0.6 is 34.0 Å². The maximum atomic E-state index is 4.86. The predicted molar refractivity (Wildman–Crippen MR) is 94.8 cm³/mol. The number of hydrogen-bond acceptors (Lipinski definition) is 6. The largest absolute Gasteiger partial charge is 0.343 e. The second-order valence-corrected chi connectivity index (χ2v) is 8.26. The van der Waals surface area contributed by atoms with Crippen molar-refractivity contribution < 1.29 is 0 Å². The van der Waals surface area contributed by atoms with E-state index < -0.39 is 0 Å². The average molecular weight is 339 g/mol. The minimum Gasteiger partial charge on any atom is -0.343 e. The molecule has 2 aliphatic rings. The van der Waals surface area contributed by atoms with Crippen molar-refractivity contribution in [2.75, 3.05) is 27.2 Å². The molecule has 7 heteroatoms. The lowest BCUT2D eigenvalue weighted by Gasteiger charge is -2.46. The number of amidine groups is 1. The van der Waals surface area contributed by atoms with Crippen LogP contribution < -0.4 is 0 Å². The first-order valence-corrected chi connectivity index (χ1v) is 9.21. The van der Waals surface area contributed by atoms with Crippen LogP contribution in [0.15, 0.2) is 4.99 Å². The zero-order valence-electron chi connectivity index (χ0n) is 13.2. The maximum Gasteiger partial charge on any atom is 0.173 e. The van der Waals surface area contributed by atoms with Gasteiger partial charge in [-0.25, -0.2) is 4.99 Å². The number of aliphatic imine (C=N–C) groups is 1. The van der Waals surface area contributed by atoms with Gasteiger partial charge in [-0.3, -0.25) is 9.80 Å². The van der Waals surface area contributed by atoms with Crippen LogP contribution in [-0.2, 0) is 0 Å². The Morgan fingerprint density at radius 3 is 2.15 bits per heavy atom. The fourth-order valence-corrected chi connectivity index (χ4v) is 5.39. The van der Waals surface area contributed by atoms with Gasteiger partial charge in [-0.15, -0.1) is 12.4 Å². The van der Waals surface area contributed by atoms with Crippen LogP contribution in [0.3, 0.4) is 0 Å². The summed E-state index contributed by atoms with van der Waals surface area (Å²) >= 11 is 0. The molecule has 0 aromatic heterocycles. The molecule has 0 aliphatic carbocycles. The smallest absolute Gasteiger partial charge is 0.173 e. The third-order valence-electron chi connectivity index (χ3n) is 3.77. The maximum absolute atomic E-state index is 4.86. The van der Waals surface area contributed by atoms with Crippen molar-refractivity contribution in [1.29, 1.82) is 0 Å². The summed E-state index contributed by atoms with van der Waals surface area (Å²) in [5.41, 5.74) is 0.266. The molecule has 3 unspecified atom stereocenters. The lowest BCUT2D eigenvalue weighted by molar-refractivity contribution is 0.0726. The van der Waals surface area contributed by atoms with Gasteiger partial charge in [0, 0.05) is 31.2 Å². The van der Waals surface area contributed by atoms with Gasteiger partial charge >= 0.3 is 0 Å². The lowest BCUT2D eigenvalue weighted by atomic mass is 10.1. The van der Waals surface area contributed by atoms with E-state index in [2.05, 4.69) is 56.5 Å². The summed E-state index contributed by atoms with van der Waals surface area (Å²) in [4.78, 5) is 12.1. The number of nitrogens with zero attached hydrogens (tertiary/aromatic N) is 4. The van der Waals surface area contributed by atoms with Crippen molar-refractivity contribution in [3.63, 3.8) is 0 Å². The summed E-state index contributed by atoms with van der Waals surface area (Å²) in [6.45, 7) is 11.5. The van der Waals surface area contributed by atoms with E-state index in [0.29, 0.717) is 18.1 Å². The minimum absolute atomic E-state index is 0. The molecule has 0 amide bonds. The molecule has 1 fully saturated rings. The van der Waals surface area contributed by atoms with Crippen LogP contribution in [0.2, 0.25) is 0 Å². The number of rotatable bonds is 2. The minimum atomic E-state index is 0. The van der Waals surface area contributed by atoms with Crippen LogP contribution in [0.4, 0.5) is 0 Å². The van der Waals surface area contributed by atoms with E-state index >= 15 is 0 Å². The van der Waals surface area contributed by atoms with Gasteiger partial charge in [0.15, 0.2) is 10.7 Å². The molecule has 0 radical (unpaired) electrons. The molecule has 0 aromatic carbocycles. The van der Waals surface area contributed by atoms with E-state index in [1.807, 2.05) is 21.6 Å². The van der Waals surface area contributed by atoms with Gasteiger partial charge in [-0.1, -0.05) is 0 Å². The highest BCUT2D eigenvalue weighted by molar-refractivity contribution is 8.82. The Balaban J connectivity index is 0.00000200. The van der Waals surface area contributed by atoms with Gasteiger partial charge in [-0.2, -0.15) is 0 Å². The fourth-order valence-electron chi connectivity index (χ4n) is 2.70. The Bertz CT molecular complexity index is 339. The molecule has 0 bridgehead atoms. The fraction of sp³-hybridized carbons (Fsp3) is 0.923. The monoisotopic (exact) mass is 338 g/mol. The van der Waals surface area contributed by atoms with E-state index in [-0.39, 0.29) is 17.9 Å². The summed E-state index contributed by atoms with van der Waals surface area (Å²) in [5.74, 6) is 0. The quantitative estimate of drug-likeness (QED) is 0.720. The van der Waals surface area contributed by atoms with Gasteiger partial charge in [-0.05, 0) is 63.4 Å². The summed E-state index contributed by atoms with van der Waals surface area (Å²) in [5, 5.41) is 1.21. The van der Waals surface area contributed by atoms with Gasteiger partial charge in [0.1, 0.15) is 0 Å². The number of hydrogen-bond donors (Lipinski definition) is 0. The molecule has 0 saturated carbocycles. The van der Waals surface area contributed by atoms with Crippen LogP contribution in [-0.4, -0.2) is 70.7 Å². The topological polar surface area (TPSA) is 22.1 Å². The Morgan fingerprint density at radius 1 is 1.20 bits per heavy atom. The van der Waals surface area contributed by atoms with Crippen LogP contribution in [0.25, 0.3) is 0 Å². The van der Waals surface area contributed by atoms with Crippen molar-refractivity contribution in [3.05, 3.63) is 0 Å². The Kier molecular flexibility index (Phi) is 6.99. The van der Waals surface area contributed by atoms with E-state index in [1.165, 1.54) is 5.17 Å². The predicted octanol–water partition coefficient (Wildman–Crippen LogP) is 2.81. The van der Waals surface area contributed by atoms with Crippen molar-refractivity contribution in [3.8, 4) is 0 Å². The second-order valence-electron chi connectivity index (χ2n) is 6.03. The third-order valence-corrected chi connectivity index (χ3v) is 6.28. The Labute approximate surface area is 137 Å². The molecule has 0 spiro atoms. The first kappa shape index (κ1) is 18.4. The van der Waals surface area contributed by atoms with Crippen molar-refractivity contribution in [1.82, 2.24) is 14.7 Å². The number of piperazine rings is 1. The highest BCUT2D eigenvalue weighted by atomic mass is 35.5. The molecule has 0 N–H and O–H groups in total. The van der Waals surface area contributed by atoms with Crippen molar-refractivity contribution >= 4 is 39.2 Å². The molecule has 2 aliphatic heterocycles. The summed E-state index contributed by atoms with van der Waals surface area (Å²) in [6, 6.07) is 1.71. The standard InChI is InChI=1S/C13H26N4S2.ClH/c1-9(2)16-7-10(3)17(11(4)8-16)13-14-12(15(5)6)18-19-13;/h9-12H,7-8H2,1-6H3;1H. The molecule has 3 atom stereocenters. The lowest BCUT2D eigenvalue weighted by Crippen LogP contribution is -2.59. The molecule has 1 saturated heterocycles. The first-order valence-electron chi connectivity index (χ1n) is 7.00. The highest BCUT2D eigenvalue weighted by Crippen LogP contribution is 2.40. The molecular formula is C13H27ClN4S2. The first-order chi connectivity index (χ1) is 8.90.